The number of hydrogen-bond acceptors (Lipinski definition) is 2. The Hall–Kier alpha value is -0.660. The highest BCUT2D eigenvalue weighted by atomic mass is 15.2. The Morgan fingerprint density at radius 1 is 0.909 bits per heavy atom. The fourth-order valence-corrected chi connectivity index (χ4v) is 3.11. The van der Waals surface area contributed by atoms with Crippen molar-refractivity contribution >= 4 is 11.9 Å². The maximum atomic E-state index is 4.43. The van der Waals surface area contributed by atoms with Crippen LogP contribution in [0.3, 0.4) is 0 Å². The van der Waals surface area contributed by atoms with Crippen LogP contribution in [0.25, 0.3) is 0 Å². The predicted molar refractivity (Wildman–Crippen MR) is 99.8 cm³/mol. The van der Waals surface area contributed by atoms with Crippen LogP contribution < -0.4 is 0 Å². The molecule has 1 heterocycles. The molecule has 0 saturated heterocycles. The molecule has 0 radical (unpaired) electrons. The zero-order chi connectivity index (χ0) is 16.4. The average Bonchev–Trinajstić information content (AvgIpc) is 2.48. The highest BCUT2D eigenvalue weighted by molar-refractivity contribution is 5.90. The van der Waals surface area contributed by atoms with Gasteiger partial charge in [0.15, 0.2) is 0 Å². The number of rotatable bonds is 11. The van der Waals surface area contributed by atoms with Gasteiger partial charge < -0.3 is 0 Å². The molecule has 0 N–H and O–H groups in total. The molecular formula is C20H38N2. The summed E-state index contributed by atoms with van der Waals surface area (Å²) in [6.07, 6.45) is 14.0. The maximum Gasteiger partial charge on any atom is 0.0440 e. The van der Waals surface area contributed by atoms with Gasteiger partial charge in [0, 0.05) is 17.8 Å². The lowest BCUT2D eigenvalue weighted by atomic mass is 9.87. The smallest absolute Gasteiger partial charge is 0.0440 e. The summed E-state index contributed by atoms with van der Waals surface area (Å²) in [6, 6.07) is 0. The number of unbranched alkanes of at least 4 members (excludes halogenated alkanes) is 3. The molecule has 22 heavy (non-hydrogen) atoms. The molecule has 0 amide bonds. The zero-order valence-electron chi connectivity index (χ0n) is 15.6. The average molecular weight is 307 g/mol. The van der Waals surface area contributed by atoms with Gasteiger partial charge in [-0.05, 0) is 37.0 Å². The summed E-state index contributed by atoms with van der Waals surface area (Å²) in [4.78, 5) is 0. The summed E-state index contributed by atoms with van der Waals surface area (Å²) < 4.78 is 0. The first-order chi connectivity index (χ1) is 10.5. The quantitative estimate of drug-likeness (QED) is 0.389. The molecule has 0 saturated carbocycles. The Morgan fingerprint density at radius 3 is 2.18 bits per heavy atom. The van der Waals surface area contributed by atoms with E-state index in [1.807, 2.05) is 0 Å². The molecule has 1 aliphatic rings. The van der Waals surface area contributed by atoms with Crippen LogP contribution in [0, 0.1) is 23.7 Å². The SMILES string of the molecule is CC(C)CCCCCCC(C)C1=NN=CC(CCC(C)C)C1. The van der Waals surface area contributed by atoms with E-state index >= 15 is 0 Å². The van der Waals surface area contributed by atoms with E-state index in [0.717, 1.165) is 18.3 Å². The lowest BCUT2D eigenvalue weighted by Gasteiger charge is -2.21. The van der Waals surface area contributed by atoms with Crippen LogP contribution in [-0.2, 0) is 0 Å². The molecular weight excluding hydrogens is 268 g/mol. The lowest BCUT2D eigenvalue weighted by Crippen LogP contribution is -2.20. The minimum absolute atomic E-state index is 0.615. The third kappa shape index (κ3) is 8.70. The van der Waals surface area contributed by atoms with Crippen molar-refractivity contribution in [3.63, 3.8) is 0 Å². The Morgan fingerprint density at radius 2 is 1.55 bits per heavy atom. The zero-order valence-corrected chi connectivity index (χ0v) is 15.6. The van der Waals surface area contributed by atoms with Crippen molar-refractivity contribution in [3.05, 3.63) is 0 Å². The fraction of sp³-hybridized carbons (Fsp3) is 0.900. The van der Waals surface area contributed by atoms with E-state index in [4.69, 9.17) is 0 Å². The summed E-state index contributed by atoms with van der Waals surface area (Å²) in [5.41, 5.74) is 1.35. The van der Waals surface area contributed by atoms with Gasteiger partial charge in [-0.2, -0.15) is 10.2 Å². The van der Waals surface area contributed by atoms with E-state index in [1.165, 1.54) is 57.1 Å². The molecule has 1 rings (SSSR count). The summed E-state index contributed by atoms with van der Waals surface area (Å²) in [7, 11) is 0. The first-order valence-corrected chi connectivity index (χ1v) is 9.59. The summed E-state index contributed by atoms with van der Waals surface area (Å²) in [5, 5.41) is 8.71. The van der Waals surface area contributed by atoms with Gasteiger partial charge in [0.25, 0.3) is 0 Å². The third-order valence-corrected chi connectivity index (χ3v) is 4.79. The molecule has 0 spiro atoms. The summed E-state index contributed by atoms with van der Waals surface area (Å²) in [5.74, 6) is 2.89. The maximum absolute atomic E-state index is 4.43. The predicted octanol–water partition coefficient (Wildman–Crippen LogP) is 6.50. The van der Waals surface area contributed by atoms with E-state index in [9.17, 15) is 0 Å². The molecule has 0 aromatic rings. The van der Waals surface area contributed by atoms with Gasteiger partial charge >= 0.3 is 0 Å². The molecule has 2 unspecified atom stereocenters. The van der Waals surface area contributed by atoms with Gasteiger partial charge in [-0.15, -0.1) is 0 Å². The Labute approximate surface area is 138 Å². The van der Waals surface area contributed by atoms with Gasteiger partial charge in [0.1, 0.15) is 0 Å². The van der Waals surface area contributed by atoms with Crippen molar-refractivity contribution in [2.45, 2.75) is 92.4 Å². The number of hydrogen-bond donors (Lipinski definition) is 0. The third-order valence-electron chi connectivity index (χ3n) is 4.79. The van der Waals surface area contributed by atoms with Crippen molar-refractivity contribution in [1.82, 2.24) is 0 Å². The van der Waals surface area contributed by atoms with Crippen molar-refractivity contribution in [2.24, 2.45) is 33.9 Å². The van der Waals surface area contributed by atoms with Gasteiger partial charge in [-0.1, -0.05) is 73.1 Å². The van der Waals surface area contributed by atoms with Crippen LogP contribution in [0.15, 0.2) is 10.2 Å². The molecule has 2 heteroatoms. The van der Waals surface area contributed by atoms with Gasteiger partial charge in [-0.3, -0.25) is 0 Å². The van der Waals surface area contributed by atoms with Gasteiger partial charge in [-0.25, -0.2) is 0 Å². The second-order valence-corrected chi connectivity index (χ2v) is 8.08. The minimum atomic E-state index is 0.615. The monoisotopic (exact) mass is 306 g/mol. The normalized spacial score (nSPS) is 19.8. The van der Waals surface area contributed by atoms with E-state index in [-0.39, 0.29) is 0 Å². The Bertz CT molecular complexity index is 342. The first kappa shape index (κ1) is 19.4. The Kier molecular flexibility index (Phi) is 9.66. The second kappa shape index (κ2) is 11.0. The van der Waals surface area contributed by atoms with E-state index in [1.54, 1.807) is 0 Å². The number of nitrogens with zero attached hydrogens (tertiary/aromatic N) is 2. The summed E-state index contributed by atoms with van der Waals surface area (Å²) >= 11 is 0. The van der Waals surface area contributed by atoms with Crippen LogP contribution in [-0.4, -0.2) is 11.9 Å². The Balaban J connectivity index is 2.18. The van der Waals surface area contributed by atoms with E-state index in [0.29, 0.717) is 11.8 Å². The van der Waals surface area contributed by atoms with E-state index in [2.05, 4.69) is 51.0 Å². The van der Waals surface area contributed by atoms with Crippen molar-refractivity contribution in [3.8, 4) is 0 Å². The van der Waals surface area contributed by atoms with Crippen molar-refractivity contribution in [2.75, 3.05) is 0 Å². The van der Waals surface area contributed by atoms with Crippen LogP contribution in [0.4, 0.5) is 0 Å². The summed E-state index contributed by atoms with van der Waals surface area (Å²) in [6.45, 7) is 11.6. The molecule has 0 bridgehead atoms. The second-order valence-electron chi connectivity index (χ2n) is 8.08. The first-order valence-electron chi connectivity index (χ1n) is 9.59. The highest BCUT2D eigenvalue weighted by Gasteiger charge is 2.19. The molecule has 128 valence electrons. The lowest BCUT2D eigenvalue weighted by molar-refractivity contribution is 0.490. The van der Waals surface area contributed by atoms with Crippen molar-refractivity contribution in [1.29, 1.82) is 0 Å². The minimum Gasteiger partial charge on any atom is -0.163 e. The van der Waals surface area contributed by atoms with Crippen LogP contribution in [0.5, 0.6) is 0 Å². The van der Waals surface area contributed by atoms with Gasteiger partial charge in [0.2, 0.25) is 0 Å². The molecule has 1 aliphatic heterocycles. The largest absolute Gasteiger partial charge is 0.163 e. The molecule has 0 aliphatic carbocycles. The van der Waals surface area contributed by atoms with Crippen LogP contribution in [0.1, 0.15) is 92.4 Å². The molecule has 2 nitrogen and oxygen atoms in total. The van der Waals surface area contributed by atoms with E-state index < -0.39 is 0 Å². The molecule has 0 aromatic carbocycles. The van der Waals surface area contributed by atoms with Crippen LogP contribution in [0.2, 0.25) is 0 Å². The van der Waals surface area contributed by atoms with Crippen LogP contribution >= 0.6 is 0 Å². The van der Waals surface area contributed by atoms with Gasteiger partial charge in [0.05, 0.1) is 0 Å². The standard InChI is InChI=1S/C20H38N2/c1-16(2)10-8-6-7-9-11-18(5)20-14-19(15-21-22-20)13-12-17(3)4/h15-19H,6-14H2,1-5H3. The topological polar surface area (TPSA) is 24.7 Å². The van der Waals surface area contributed by atoms with Crippen molar-refractivity contribution < 1.29 is 0 Å². The fourth-order valence-electron chi connectivity index (χ4n) is 3.11. The molecule has 0 aromatic heterocycles. The highest BCUT2D eigenvalue weighted by Crippen LogP contribution is 2.23. The molecule has 2 atom stereocenters. The molecule has 0 fully saturated rings.